The average Bonchev–Trinajstić information content (AvgIpc) is 2.94. The summed E-state index contributed by atoms with van der Waals surface area (Å²) in [4.78, 5) is 11.6. The molecule has 140 valence electrons. The summed E-state index contributed by atoms with van der Waals surface area (Å²) in [6.07, 6.45) is -4.51. The summed E-state index contributed by atoms with van der Waals surface area (Å²) in [7, 11) is 0. The summed E-state index contributed by atoms with van der Waals surface area (Å²) >= 11 is 0. The normalized spacial score (nSPS) is 11.6. The first-order valence-electron chi connectivity index (χ1n) is 7.55. The van der Waals surface area contributed by atoms with E-state index in [0.29, 0.717) is 0 Å². The van der Waals surface area contributed by atoms with Crippen LogP contribution in [0.4, 0.5) is 22.0 Å². The molecule has 3 aromatic rings. The quantitative estimate of drug-likeness (QED) is 0.660. The summed E-state index contributed by atoms with van der Waals surface area (Å²) in [6, 6.07) is 6.78. The number of aromatic carboxylic acids is 1. The van der Waals surface area contributed by atoms with Crippen LogP contribution in [0.25, 0.3) is 16.9 Å². The van der Waals surface area contributed by atoms with Gasteiger partial charge in [-0.3, -0.25) is 0 Å². The smallest absolute Gasteiger partial charge is 0.416 e. The molecule has 0 spiro atoms. The van der Waals surface area contributed by atoms with Crippen molar-refractivity contribution < 1.29 is 31.9 Å². The molecule has 4 nitrogen and oxygen atoms in total. The lowest BCUT2D eigenvalue weighted by Crippen LogP contribution is -2.06. The van der Waals surface area contributed by atoms with E-state index in [1.807, 2.05) is 0 Å². The molecule has 0 saturated heterocycles. The highest BCUT2D eigenvalue weighted by molar-refractivity contribution is 5.96. The number of aromatic nitrogens is 2. The van der Waals surface area contributed by atoms with E-state index >= 15 is 0 Å². The van der Waals surface area contributed by atoms with E-state index in [4.69, 9.17) is 0 Å². The Morgan fingerprint density at radius 3 is 2.19 bits per heavy atom. The molecule has 0 bridgehead atoms. The zero-order chi connectivity index (χ0) is 19.9. The van der Waals surface area contributed by atoms with E-state index in [2.05, 4.69) is 5.10 Å². The molecule has 1 N–H and O–H groups in total. The minimum Gasteiger partial charge on any atom is -0.478 e. The third kappa shape index (κ3) is 3.40. The van der Waals surface area contributed by atoms with Crippen LogP contribution < -0.4 is 0 Å². The lowest BCUT2D eigenvalue weighted by atomic mass is 10.1. The Kier molecular flexibility index (Phi) is 4.46. The van der Waals surface area contributed by atoms with Gasteiger partial charge in [0.05, 0.1) is 16.9 Å². The number of alkyl halides is 3. The maximum atomic E-state index is 13.5. The lowest BCUT2D eigenvalue weighted by molar-refractivity contribution is -0.137. The van der Waals surface area contributed by atoms with Crippen molar-refractivity contribution in [3.63, 3.8) is 0 Å². The van der Waals surface area contributed by atoms with Gasteiger partial charge in [0.15, 0.2) is 11.6 Å². The highest BCUT2D eigenvalue weighted by Gasteiger charge is 2.30. The molecule has 2 aromatic carbocycles. The van der Waals surface area contributed by atoms with Crippen molar-refractivity contribution in [1.29, 1.82) is 0 Å². The van der Waals surface area contributed by atoms with Gasteiger partial charge in [0.25, 0.3) is 0 Å². The summed E-state index contributed by atoms with van der Waals surface area (Å²) in [5.41, 5.74) is -0.908. The Balaban J connectivity index is 2.15. The van der Waals surface area contributed by atoms with E-state index in [0.717, 1.165) is 41.1 Å². The highest BCUT2D eigenvalue weighted by atomic mass is 19.4. The number of rotatable bonds is 3. The Morgan fingerprint density at radius 2 is 1.67 bits per heavy atom. The molecular formula is C18H11F5N2O2. The largest absolute Gasteiger partial charge is 0.478 e. The first-order valence-corrected chi connectivity index (χ1v) is 7.55. The minimum absolute atomic E-state index is 0.0278. The van der Waals surface area contributed by atoms with Crippen LogP contribution in [-0.4, -0.2) is 20.9 Å². The number of carbonyl (C=O) groups is 1. The first kappa shape index (κ1) is 18.6. The fraction of sp³-hybridized carbons (Fsp3) is 0.111. The number of hydrogen-bond acceptors (Lipinski definition) is 2. The molecule has 1 heterocycles. The van der Waals surface area contributed by atoms with Crippen molar-refractivity contribution in [2.45, 2.75) is 13.1 Å². The SMILES string of the molecule is Cc1c(C(=O)O)c(-c2ccc(F)c(F)c2)nn1-c1ccc(C(F)(F)F)cc1. The van der Waals surface area contributed by atoms with E-state index in [9.17, 15) is 31.9 Å². The van der Waals surface area contributed by atoms with Crippen molar-refractivity contribution in [3.8, 4) is 16.9 Å². The van der Waals surface area contributed by atoms with Crippen LogP contribution in [0.1, 0.15) is 21.6 Å². The molecule has 0 aliphatic heterocycles. The van der Waals surface area contributed by atoms with Crippen molar-refractivity contribution in [1.82, 2.24) is 9.78 Å². The predicted molar refractivity (Wildman–Crippen MR) is 85.6 cm³/mol. The fourth-order valence-electron chi connectivity index (χ4n) is 2.65. The Morgan fingerprint density at radius 1 is 1.04 bits per heavy atom. The zero-order valence-electron chi connectivity index (χ0n) is 13.7. The Labute approximate surface area is 149 Å². The van der Waals surface area contributed by atoms with Gasteiger partial charge in [-0.25, -0.2) is 18.3 Å². The Hall–Kier alpha value is -3.23. The van der Waals surface area contributed by atoms with Crippen molar-refractivity contribution in [2.75, 3.05) is 0 Å². The van der Waals surface area contributed by atoms with Crippen LogP contribution in [0, 0.1) is 18.6 Å². The van der Waals surface area contributed by atoms with Crippen molar-refractivity contribution in [3.05, 3.63) is 70.9 Å². The van der Waals surface area contributed by atoms with Crippen molar-refractivity contribution >= 4 is 5.97 Å². The fourth-order valence-corrected chi connectivity index (χ4v) is 2.65. The molecule has 0 saturated carbocycles. The van der Waals surface area contributed by atoms with Gasteiger partial charge in [-0.05, 0) is 49.4 Å². The third-order valence-corrected chi connectivity index (χ3v) is 3.96. The lowest BCUT2D eigenvalue weighted by Gasteiger charge is -2.08. The molecule has 0 unspecified atom stereocenters. The third-order valence-electron chi connectivity index (χ3n) is 3.96. The molecule has 0 aliphatic rings. The van der Waals surface area contributed by atoms with E-state index in [1.165, 1.54) is 13.0 Å². The molecule has 1 aromatic heterocycles. The van der Waals surface area contributed by atoms with Crippen LogP contribution in [0.3, 0.4) is 0 Å². The second kappa shape index (κ2) is 6.49. The molecule has 0 radical (unpaired) electrons. The van der Waals surface area contributed by atoms with Gasteiger partial charge < -0.3 is 5.11 Å². The number of halogens is 5. The standard InChI is InChI=1S/C18H11F5N2O2/c1-9-15(17(26)27)16(10-2-7-13(19)14(20)8-10)24-25(9)12-5-3-11(4-6-12)18(21,22)23/h2-8H,1H3,(H,26,27). The maximum Gasteiger partial charge on any atom is 0.416 e. The van der Waals surface area contributed by atoms with Gasteiger partial charge in [-0.2, -0.15) is 18.3 Å². The molecular weight excluding hydrogens is 371 g/mol. The molecule has 0 fully saturated rings. The second-order valence-corrected chi connectivity index (χ2v) is 5.70. The molecule has 0 amide bonds. The number of carboxylic acids is 1. The highest BCUT2D eigenvalue weighted by Crippen LogP contribution is 2.31. The summed E-state index contributed by atoms with van der Waals surface area (Å²) < 4.78 is 65.9. The van der Waals surface area contributed by atoms with Crippen LogP contribution in [0.5, 0.6) is 0 Å². The maximum absolute atomic E-state index is 13.5. The predicted octanol–water partition coefficient (Wildman–Crippen LogP) is 4.84. The average molecular weight is 382 g/mol. The van der Waals surface area contributed by atoms with Gasteiger partial charge in [0.1, 0.15) is 11.3 Å². The molecule has 0 atom stereocenters. The second-order valence-electron chi connectivity index (χ2n) is 5.70. The van der Waals surface area contributed by atoms with Crippen LogP contribution >= 0.6 is 0 Å². The molecule has 27 heavy (non-hydrogen) atoms. The number of benzene rings is 2. The monoisotopic (exact) mass is 382 g/mol. The van der Waals surface area contributed by atoms with Gasteiger partial charge in [0, 0.05) is 5.56 Å². The zero-order valence-corrected chi connectivity index (χ0v) is 13.7. The van der Waals surface area contributed by atoms with Crippen LogP contribution in [-0.2, 0) is 6.18 Å². The van der Waals surface area contributed by atoms with Crippen LogP contribution in [0.2, 0.25) is 0 Å². The van der Waals surface area contributed by atoms with Gasteiger partial charge >= 0.3 is 12.1 Å². The van der Waals surface area contributed by atoms with Gasteiger partial charge in [0.2, 0.25) is 0 Å². The van der Waals surface area contributed by atoms with Gasteiger partial charge in [-0.1, -0.05) is 0 Å². The number of carboxylic acid groups (broad SMARTS) is 1. The van der Waals surface area contributed by atoms with Crippen LogP contribution in [0.15, 0.2) is 42.5 Å². The first-order chi connectivity index (χ1) is 12.6. The molecule has 0 aliphatic carbocycles. The topological polar surface area (TPSA) is 55.1 Å². The Bertz CT molecular complexity index is 1020. The number of hydrogen-bond donors (Lipinski definition) is 1. The van der Waals surface area contributed by atoms with E-state index in [-0.39, 0.29) is 28.2 Å². The summed E-state index contributed by atoms with van der Waals surface area (Å²) in [6.45, 7) is 1.41. The van der Waals surface area contributed by atoms with E-state index in [1.54, 1.807) is 0 Å². The summed E-state index contributed by atoms with van der Waals surface area (Å²) in [5.74, 6) is -3.63. The number of nitrogens with zero attached hydrogens (tertiary/aromatic N) is 2. The summed E-state index contributed by atoms with van der Waals surface area (Å²) in [5, 5.41) is 13.6. The molecule has 3 rings (SSSR count). The van der Waals surface area contributed by atoms with Crippen molar-refractivity contribution in [2.24, 2.45) is 0 Å². The van der Waals surface area contributed by atoms with E-state index < -0.39 is 29.3 Å². The molecule has 9 heteroatoms. The minimum atomic E-state index is -4.51. The van der Waals surface area contributed by atoms with Gasteiger partial charge in [-0.15, -0.1) is 0 Å².